The molecule has 0 bridgehead atoms. The van der Waals surface area contributed by atoms with Crippen molar-refractivity contribution < 1.29 is 4.74 Å². The molecule has 1 atom stereocenters. The van der Waals surface area contributed by atoms with Crippen LogP contribution >= 0.6 is 0 Å². The first-order valence-electron chi connectivity index (χ1n) is 6.31. The third-order valence-corrected chi connectivity index (χ3v) is 3.37. The summed E-state index contributed by atoms with van der Waals surface area (Å²) in [5.74, 6) is 0.724. The SMILES string of the molecule is c1nc(NCC2CCCCN2)nc2c1COC2. The van der Waals surface area contributed by atoms with E-state index in [-0.39, 0.29) is 0 Å². The maximum Gasteiger partial charge on any atom is 0.223 e. The molecule has 2 N–H and O–H groups in total. The lowest BCUT2D eigenvalue weighted by Crippen LogP contribution is -2.39. The number of piperidine rings is 1. The second-order valence-electron chi connectivity index (χ2n) is 4.69. The Balaban J connectivity index is 1.57. The van der Waals surface area contributed by atoms with Crippen LogP contribution in [0.25, 0.3) is 0 Å². The smallest absolute Gasteiger partial charge is 0.223 e. The summed E-state index contributed by atoms with van der Waals surface area (Å²) in [5, 5.41) is 6.80. The van der Waals surface area contributed by atoms with E-state index < -0.39 is 0 Å². The molecule has 5 nitrogen and oxygen atoms in total. The van der Waals surface area contributed by atoms with Gasteiger partial charge in [-0.15, -0.1) is 0 Å². The minimum atomic E-state index is 0.553. The Morgan fingerprint density at radius 1 is 1.41 bits per heavy atom. The highest BCUT2D eigenvalue weighted by molar-refractivity contribution is 5.30. The Morgan fingerprint density at radius 3 is 3.29 bits per heavy atom. The van der Waals surface area contributed by atoms with Crippen molar-refractivity contribution in [3.8, 4) is 0 Å². The number of rotatable bonds is 3. The van der Waals surface area contributed by atoms with Crippen LogP contribution in [0, 0.1) is 0 Å². The van der Waals surface area contributed by atoms with Crippen LogP contribution < -0.4 is 10.6 Å². The maximum atomic E-state index is 5.32. The molecule has 1 saturated heterocycles. The lowest BCUT2D eigenvalue weighted by Gasteiger charge is -2.23. The van der Waals surface area contributed by atoms with Crippen LogP contribution in [0.2, 0.25) is 0 Å². The minimum Gasteiger partial charge on any atom is -0.370 e. The number of fused-ring (bicyclic) bond motifs is 1. The number of ether oxygens (including phenoxy) is 1. The Kier molecular flexibility index (Phi) is 3.20. The standard InChI is InChI=1S/C12H18N4O/c1-2-4-13-10(3-1)6-15-12-14-5-9-7-17-8-11(9)16-12/h5,10,13H,1-4,6-8H2,(H,14,15,16). The molecule has 17 heavy (non-hydrogen) atoms. The molecule has 0 aliphatic carbocycles. The molecule has 92 valence electrons. The van der Waals surface area contributed by atoms with Crippen LogP contribution in [-0.4, -0.2) is 29.1 Å². The van der Waals surface area contributed by atoms with E-state index in [2.05, 4.69) is 20.6 Å². The fourth-order valence-electron chi connectivity index (χ4n) is 2.34. The monoisotopic (exact) mass is 234 g/mol. The van der Waals surface area contributed by atoms with Gasteiger partial charge in [-0.2, -0.15) is 0 Å². The average molecular weight is 234 g/mol. The molecule has 2 aliphatic rings. The molecule has 3 heterocycles. The number of aromatic nitrogens is 2. The number of hydrogen-bond acceptors (Lipinski definition) is 5. The fourth-order valence-corrected chi connectivity index (χ4v) is 2.34. The summed E-state index contributed by atoms with van der Waals surface area (Å²) in [7, 11) is 0. The van der Waals surface area contributed by atoms with Gasteiger partial charge in [0.25, 0.3) is 0 Å². The first-order chi connectivity index (χ1) is 8.42. The Labute approximate surface area is 101 Å². The molecule has 1 fully saturated rings. The van der Waals surface area contributed by atoms with Crippen molar-refractivity contribution in [3.05, 3.63) is 17.5 Å². The van der Waals surface area contributed by atoms with Crippen molar-refractivity contribution >= 4 is 5.95 Å². The molecule has 5 heteroatoms. The Hall–Kier alpha value is -1.20. The van der Waals surface area contributed by atoms with Crippen LogP contribution in [0.4, 0.5) is 5.95 Å². The zero-order valence-electron chi connectivity index (χ0n) is 9.91. The highest BCUT2D eigenvalue weighted by atomic mass is 16.5. The van der Waals surface area contributed by atoms with Crippen molar-refractivity contribution in [3.63, 3.8) is 0 Å². The molecule has 1 aromatic rings. The summed E-state index contributed by atoms with van der Waals surface area (Å²) < 4.78 is 5.32. The van der Waals surface area contributed by atoms with Crippen molar-refractivity contribution in [1.82, 2.24) is 15.3 Å². The molecular formula is C12H18N4O. The number of nitrogens with one attached hydrogen (secondary N) is 2. The van der Waals surface area contributed by atoms with Gasteiger partial charge in [0.15, 0.2) is 0 Å². The van der Waals surface area contributed by atoms with Crippen molar-refractivity contribution in [1.29, 1.82) is 0 Å². The maximum absolute atomic E-state index is 5.32. The third kappa shape index (κ3) is 2.56. The quantitative estimate of drug-likeness (QED) is 0.819. The average Bonchev–Trinajstić information content (AvgIpc) is 2.85. The summed E-state index contributed by atoms with van der Waals surface area (Å²) in [6, 6.07) is 0.553. The van der Waals surface area contributed by atoms with Gasteiger partial charge in [-0.25, -0.2) is 9.97 Å². The first kappa shape index (κ1) is 10.9. The van der Waals surface area contributed by atoms with Crippen LogP contribution in [0.3, 0.4) is 0 Å². The van der Waals surface area contributed by atoms with E-state index >= 15 is 0 Å². The van der Waals surface area contributed by atoms with Crippen molar-refractivity contribution in [2.75, 3.05) is 18.4 Å². The number of hydrogen-bond donors (Lipinski definition) is 2. The van der Waals surface area contributed by atoms with Crippen LogP contribution in [0.5, 0.6) is 0 Å². The molecular weight excluding hydrogens is 216 g/mol. The summed E-state index contributed by atoms with van der Waals surface area (Å²) in [4.78, 5) is 8.77. The van der Waals surface area contributed by atoms with Gasteiger partial charge < -0.3 is 15.4 Å². The van der Waals surface area contributed by atoms with Crippen LogP contribution in [0.1, 0.15) is 30.5 Å². The second kappa shape index (κ2) is 4.98. The van der Waals surface area contributed by atoms with Gasteiger partial charge >= 0.3 is 0 Å². The van der Waals surface area contributed by atoms with E-state index in [4.69, 9.17) is 4.74 Å². The number of anilines is 1. The van der Waals surface area contributed by atoms with Gasteiger partial charge in [-0.1, -0.05) is 6.42 Å². The molecule has 0 amide bonds. The van der Waals surface area contributed by atoms with Gasteiger partial charge in [0.1, 0.15) is 0 Å². The molecule has 3 rings (SSSR count). The van der Waals surface area contributed by atoms with Gasteiger partial charge in [-0.05, 0) is 19.4 Å². The first-order valence-corrected chi connectivity index (χ1v) is 6.31. The van der Waals surface area contributed by atoms with Gasteiger partial charge in [0.2, 0.25) is 5.95 Å². The molecule has 1 unspecified atom stereocenters. The summed E-state index contributed by atoms with van der Waals surface area (Å²) in [5.41, 5.74) is 2.14. The molecule has 0 saturated carbocycles. The summed E-state index contributed by atoms with van der Waals surface area (Å²) in [6.45, 7) is 3.30. The van der Waals surface area contributed by atoms with Gasteiger partial charge in [-0.3, -0.25) is 0 Å². The zero-order valence-corrected chi connectivity index (χ0v) is 9.91. The summed E-state index contributed by atoms with van der Waals surface area (Å²) in [6.07, 6.45) is 5.72. The molecule has 0 radical (unpaired) electrons. The molecule has 2 aliphatic heterocycles. The zero-order chi connectivity index (χ0) is 11.5. The van der Waals surface area contributed by atoms with E-state index in [1.54, 1.807) is 0 Å². The lowest BCUT2D eigenvalue weighted by molar-refractivity contribution is 0.133. The van der Waals surface area contributed by atoms with Crippen LogP contribution in [0.15, 0.2) is 6.20 Å². The number of nitrogens with zero attached hydrogens (tertiary/aromatic N) is 2. The fraction of sp³-hybridized carbons (Fsp3) is 0.667. The second-order valence-corrected chi connectivity index (χ2v) is 4.69. The van der Waals surface area contributed by atoms with Crippen molar-refractivity contribution in [2.45, 2.75) is 38.5 Å². The normalized spacial score (nSPS) is 23.4. The van der Waals surface area contributed by atoms with E-state index in [0.717, 1.165) is 30.3 Å². The van der Waals surface area contributed by atoms with Crippen LogP contribution in [-0.2, 0) is 18.0 Å². The summed E-state index contributed by atoms with van der Waals surface area (Å²) >= 11 is 0. The van der Waals surface area contributed by atoms with E-state index in [0.29, 0.717) is 19.3 Å². The Bertz CT molecular complexity index is 390. The largest absolute Gasteiger partial charge is 0.370 e. The third-order valence-electron chi connectivity index (χ3n) is 3.37. The van der Waals surface area contributed by atoms with E-state index in [9.17, 15) is 0 Å². The topological polar surface area (TPSA) is 59.1 Å². The van der Waals surface area contributed by atoms with Crippen molar-refractivity contribution in [2.24, 2.45) is 0 Å². The highest BCUT2D eigenvalue weighted by Gasteiger charge is 2.15. The van der Waals surface area contributed by atoms with Gasteiger partial charge in [0, 0.05) is 24.3 Å². The van der Waals surface area contributed by atoms with Gasteiger partial charge in [0.05, 0.1) is 18.9 Å². The molecule has 1 aromatic heterocycles. The predicted molar refractivity (Wildman–Crippen MR) is 64.7 cm³/mol. The van der Waals surface area contributed by atoms with E-state index in [1.807, 2.05) is 6.20 Å². The molecule has 0 aromatic carbocycles. The molecule has 0 spiro atoms. The van der Waals surface area contributed by atoms with E-state index in [1.165, 1.54) is 19.3 Å². The minimum absolute atomic E-state index is 0.553. The lowest BCUT2D eigenvalue weighted by atomic mass is 10.1. The Morgan fingerprint density at radius 2 is 2.41 bits per heavy atom. The predicted octanol–water partition coefficient (Wildman–Crippen LogP) is 1.06. The highest BCUT2D eigenvalue weighted by Crippen LogP contribution is 2.17.